The van der Waals surface area contributed by atoms with Crippen molar-refractivity contribution in [2.75, 3.05) is 33.4 Å². The van der Waals surface area contributed by atoms with Crippen molar-refractivity contribution in [1.29, 1.82) is 0 Å². The summed E-state index contributed by atoms with van der Waals surface area (Å²) in [5.74, 6) is 0.312. The second-order valence-corrected chi connectivity index (χ2v) is 4.22. The summed E-state index contributed by atoms with van der Waals surface area (Å²) in [7, 11) is 1.79. The molecule has 0 saturated carbocycles. The van der Waals surface area contributed by atoms with Crippen LogP contribution in [0.25, 0.3) is 0 Å². The van der Waals surface area contributed by atoms with Crippen molar-refractivity contribution in [1.82, 2.24) is 10.2 Å². The minimum Gasteiger partial charge on any atom is -0.459 e. The monoisotopic (exact) mass is 238 g/mol. The van der Waals surface area contributed by atoms with Gasteiger partial charge in [0, 0.05) is 26.2 Å². The Labute approximate surface area is 101 Å². The minimum atomic E-state index is -0.0771. The van der Waals surface area contributed by atoms with E-state index in [1.165, 1.54) is 6.26 Å². The molecule has 0 radical (unpaired) electrons. The Bertz CT molecular complexity index is 345. The zero-order valence-corrected chi connectivity index (χ0v) is 10.0. The van der Waals surface area contributed by atoms with E-state index >= 15 is 0 Å². The van der Waals surface area contributed by atoms with Crippen molar-refractivity contribution in [2.45, 2.75) is 12.5 Å². The van der Waals surface area contributed by atoms with Crippen molar-refractivity contribution in [3.05, 3.63) is 24.2 Å². The first-order chi connectivity index (χ1) is 8.27. The zero-order chi connectivity index (χ0) is 12.1. The summed E-state index contributed by atoms with van der Waals surface area (Å²) in [5, 5.41) is 3.36. The molecule has 2 rings (SSSR count). The van der Waals surface area contributed by atoms with Crippen molar-refractivity contribution < 1.29 is 13.9 Å². The first kappa shape index (κ1) is 12.1. The fourth-order valence-corrected chi connectivity index (χ4v) is 1.84. The van der Waals surface area contributed by atoms with Crippen LogP contribution in [0.3, 0.4) is 0 Å². The molecule has 1 aliphatic rings. The standard InChI is InChI=1S/C12H18N2O3/c1-14(12(15)11-3-2-7-17-11)6-4-10-9-16-8-5-13-10/h2-3,7,10,13H,4-6,8-9H2,1H3. The van der Waals surface area contributed by atoms with Crippen LogP contribution in [0.5, 0.6) is 0 Å². The zero-order valence-electron chi connectivity index (χ0n) is 10.0. The number of morpholine rings is 1. The smallest absolute Gasteiger partial charge is 0.289 e. The molecule has 1 unspecified atom stereocenters. The molecule has 2 heterocycles. The summed E-state index contributed by atoms with van der Waals surface area (Å²) >= 11 is 0. The quantitative estimate of drug-likeness (QED) is 0.840. The first-order valence-electron chi connectivity index (χ1n) is 5.87. The van der Waals surface area contributed by atoms with Crippen LogP contribution in [0.15, 0.2) is 22.8 Å². The molecule has 1 N–H and O–H groups in total. The average molecular weight is 238 g/mol. The Hall–Kier alpha value is -1.33. The third-order valence-corrected chi connectivity index (χ3v) is 2.89. The Kier molecular flexibility index (Phi) is 4.17. The van der Waals surface area contributed by atoms with Gasteiger partial charge < -0.3 is 19.4 Å². The molecule has 1 aromatic heterocycles. The number of amides is 1. The molecule has 1 aliphatic heterocycles. The van der Waals surface area contributed by atoms with E-state index in [-0.39, 0.29) is 5.91 Å². The summed E-state index contributed by atoms with van der Waals surface area (Å²) in [6.07, 6.45) is 2.40. The van der Waals surface area contributed by atoms with Gasteiger partial charge in [-0.15, -0.1) is 0 Å². The lowest BCUT2D eigenvalue weighted by atomic mass is 10.2. The lowest BCUT2D eigenvalue weighted by Gasteiger charge is -2.25. The molecule has 5 heteroatoms. The maximum absolute atomic E-state index is 11.9. The highest BCUT2D eigenvalue weighted by Crippen LogP contribution is 2.06. The maximum atomic E-state index is 11.9. The summed E-state index contributed by atoms with van der Waals surface area (Å²) in [6, 6.07) is 3.74. The van der Waals surface area contributed by atoms with Crippen molar-refractivity contribution >= 4 is 5.91 Å². The van der Waals surface area contributed by atoms with E-state index in [1.54, 1.807) is 24.1 Å². The molecule has 0 spiro atoms. The van der Waals surface area contributed by atoms with E-state index in [0.717, 1.165) is 26.2 Å². The average Bonchev–Trinajstić information content (AvgIpc) is 2.90. The van der Waals surface area contributed by atoms with E-state index in [0.29, 0.717) is 18.3 Å². The van der Waals surface area contributed by atoms with Gasteiger partial charge in [-0.3, -0.25) is 4.79 Å². The molecule has 17 heavy (non-hydrogen) atoms. The van der Waals surface area contributed by atoms with Gasteiger partial charge in [0.05, 0.1) is 19.5 Å². The van der Waals surface area contributed by atoms with Crippen LogP contribution in [-0.2, 0) is 4.74 Å². The van der Waals surface area contributed by atoms with Crippen LogP contribution in [-0.4, -0.2) is 50.2 Å². The third kappa shape index (κ3) is 3.31. The van der Waals surface area contributed by atoms with Crippen LogP contribution in [0, 0.1) is 0 Å². The lowest BCUT2D eigenvalue weighted by Crippen LogP contribution is -2.43. The van der Waals surface area contributed by atoms with Gasteiger partial charge in [-0.1, -0.05) is 0 Å². The minimum absolute atomic E-state index is 0.0771. The Morgan fingerprint density at radius 1 is 1.65 bits per heavy atom. The molecule has 1 atom stereocenters. The lowest BCUT2D eigenvalue weighted by molar-refractivity contribution is 0.0640. The van der Waals surface area contributed by atoms with E-state index in [4.69, 9.17) is 9.15 Å². The first-order valence-corrected chi connectivity index (χ1v) is 5.87. The number of hydrogen-bond acceptors (Lipinski definition) is 4. The summed E-state index contributed by atoms with van der Waals surface area (Å²) in [6.45, 7) is 3.08. The van der Waals surface area contributed by atoms with Crippen LogP contribution >= 0.6 is 0 Å². The van der Waals surface area contributed by atoms with Gasteiger partial charge >= 0.3 is 0 Å². The van der Waals surface area contributed by atoms with E-state index in [2.05, 4.69) is 5.32 Å². The number of nitrogens with one attached hydrogen (secondary N) is 1. The molecule has 1 aromatic rings. The van der Waals surface area contributed by atoms with Crippen LogP contribution in [0.1, 0.15) is 17.0 Å². The van der Waals surface area contributed by atoms with Crippen LogP contribution < -0.4 is 5.32 Å². The van der Waals surface area contributed by atoms with Gasteiger partial charge in [-0.05, 0) is 18.6 Å². The maximum Gasteiger partial charge on any atom is 0.289 e. The number of rotatable bonds is 4. The van der Waals surface area contributed by atoms with Gasteiger partial charge in [0.15, 0.2) is 5.76 Å². The largest absolute Gasteiger partial charge is 0.459 e. The molecule has 1 fully saturated rings. The van der Waals surface area contributed by atoms with Gasteiger partial charge in [-0.2, -0.15) is 0 Å². The Balaban J connectivity index is 1.76. The third-order valence-electron chi connectivity index (χ3n) is 2.89. The fourth-order valence-electron chi connectivity index (χ4n) is 1.84. The number of nitrogens with zero attached hydrogens (tertiary/aromatic N) is 1. The molecule has 0 aliphatic carbocycles. The van der Waals surface area contributed by atoms with E-state index in [9.17, 15) is 4.79 Å². The van der Waals surface area contributed by atoms with Crippen molar-refractivity contribution in [3.8, 4) is 0 Å². The van der Waals surface area contributed by atoms with Gasteiger partial charge in [0.2, 0.25) is 0 Å². The number of carbonyl (C=O) groups is 1. The molecule has 0 bridgehead atoms. The van der Waals surface area contributed by atoms with Gasteiger partial charge in [0.25, 0.3) is 5.91 Å². The number of carbonyl (C=O) groups excluding carboxylic acids is 1. The predicted octanol–water partition coefficient (Wildman–Crippen LogP) is 0.730. The molecule has 0 aromatic carbocycles. The highest BCUT2D eigenvalue weighted by molar-refractivity contribution is 5.91. The second kappa shape index (κ2) is 5.84. The SMILES string of the molecule is CN(CCC1COCCN1)C(=O)c1ccco1. The molecule has 5 nitrogen and oxygen atoms in total. The van der Waals surface area contributed by atoms with Crippen LogP contribution in [0.2, 0.25) is 0 Å². The molecule has 1 saturated heterocycles. The normalized spacial score (nSPS) is 20.2. The highest BCUT2D eigenvalue weighted by atomic mass is 16.5. The Morgan fingerprint density at radius 3 is 3.18 bits per heavy atom. The fraction of sp³-hybridized carbons (Fsp3) is 0.583. The predicted molar refractivity (Wildman–Crippen MR) is 62.9 cm³/mol. The van der Waals surface area contributed by atoms with E-state index in [1.807, 2.05) is 0 Å². The van der Waals surface area contributed by atoms with Gasteiger partial charge in [-0.25, -0.2) is 0 Å². The van der Waals surface area contributed by atoms with Crippen LogP contribution in [0.4, 0.5) is 0 Å². The topological polar surface area (TPSA) is 54.7 Å². The highest BCUT2D eigenvalue weighted by Gasteiger charge is 2.17. The van der Waals surface area contributed by atoms with E-state index < -0.39 is 0 Å². The second-order valence-electron chi connectivity index (χ2n) is 4.22. The number of hydrogen-bond donors (Lipinski definition) is 1. The van der Waals surface area contributed by atoms with Crippen molar-refractivity contribution in [2.24, 2.45) is 0 Å². The summed E-state index contributed by atoms with van der Waals surface area (Å²) < 4.78 is 10.4. The summed E-state index contributed by atoms with van der Waals surface area (Å²) in [4.78, 5) is 13.5. The molecule has 1 amide bonds. The molecular weight excluding hydrogens is 220 g/mol. The van der Waals surface area contributed by atoms with Crippen molar-refractivity contribution in [3.63, 3.8) is 0 Å². The number of furan rings is 1. The Morgan fingerprint density at radius 2 is 2.53 bits per heavy atom. The molecular formula is C12H18N2O3. The molecule has 94 valence electrons. The van der Waals surface area contributed by atoms with Gasteiger partial charge in [0.1, 0.15) is 0 Å². The number of ether oxygens (including phenoxy) is 1. The summed E-state index contributed by atoms with van der Waals surface area (Å²) in [5.41, 5.74) is 0.